The maximum Gasteiger partial charge on any atom is 0.141 e. The molecule has 14 heavy (non-hydrogen) atoms. The first kappa shape index (κ1) is 10.4. The van der Waals surface area contributed by atoms with E-state index in [1.165, 1.54) is 7.05 Å². The number of carboxylic acid groups (broad SMARTS) is 1. The predicted molar refractivity (Wildman–Crippen MR) is 51.4 cm³/mol. The number of benzene rings is 1. The summed E-state index contributed by atoms with van der Waals surface area (Å²) in [6.45, 7) is 2.48. The van der Waals surface area contributed by atoms with Crippen molar-refractivity contribution in [2.75, 3.05) is 18.6 Å². The Morgan fingerprint density at radius 3 is 2.43 bits per heavy atom. The van der Waals surface area contributed by atoms with Gasteiger partial charge in [0.25, 0.3) is 0 Å². The molecule has 0 aliphatic rings. The van der Waals surface area contributed by atoms with Crippen molar-refractivity contribution in [3.8, 4) is 5.75 Å². The first-order valence-corrected chi connectivity index (χ1v) is 4.32. The van der Waals surface area contributed by atoms with Gasteiger partial charge in [0.05, 0.1) is 6.61 Å². The van der Waals surface area contributed by atoms with Crippen LogP contribution in [0.2, 0.25) is 0 Å². The van der Waals surface area contributed by atoms with Crippen molar-refractivity contribution in [1.29, 1.82) is 0 Å². The molecule has 4 heteroatoms. The van der Waals surface area contributed by atoms with Crippen LogP contribution in [0.5, 0.6) is 5.75 Å². The molecule has 0 N–H and O–H groups in total. The van der Waals surface area contributed by atoms with E-state index in [0.29, 0.717) is 12.3 Å². The van der Waals surface area contributed by atoms with E-state index in [9.17, 15) is 9.90 Å². The molecule has 76 valence electrons. The third-order valence-corrected chi connectivity index (χ3v) is 1.81. The van der Waals surface area contributed by atoms with Crippen molar-refractivity contribution in [2.45, 2.75) is 6.92 Å². The molecule has 0 saturated carbocycles. The molecule has 0 fully saturated rings. The quantitative estimate of drug-likeness (QED) is 0.717. The topological polar surface area (TPSA) is 52.6 Å². The summed E-state index contributed by atoms with van der Waals surface area (Å²) >= 11 is 0. The Hall–Kier alpha value is -1.71. The van der Waals surface area contributed by atoms with Crippen LogP contribution < -0.4 is 14.7 Å². The summed E-state index contributed by atoms with van der Waals surface area (Å²) in [5.74, 6) is 0.725. The summed E-state index contributed by atoms with van der Waals surface area (Å²) in [5.41, 5.74) is 0.563. The van der Waals surface area contributed by atoms with Crippen LogP contribution in [-0.4, -0.2) is 19.7 Å². The highest BCUT2D eigenvalue weighted by Crippen LogP contribution is 2.17. The van der Waals surface area contributed by atoms with Crippen molar-refractivity contribution >= 4 is 11.8 Å². The molecule has 0 bridgehead atoms. The average Bonchev–Trinajstić information content (AvgIpc) is 2.18. The number of amides is 1. The van der Waals surface area contributed by atoms with Gasteiger partial charge in [-0.2, -0.15) is 0 Å². The second-order valence-corrected chi connectivity index (χ2v) is 2.75. The first-order valence-electron chi connectivity index (χ1n) is 4.32. The fraction of sp³-hybridized carbons (Fsp3) is 0.300. The van der Waals surface area contributed by atoms with Gasteiger partial charge in [-0.1, -0.05) is 0 Å². The molecular formula is C10H12NO3-. The van der Waals surface area contributed by atoms with Crippen LogP contribution in [0, 0.1) is 0 Å². The summed E-state index contributed by atoms with van der Waals surface area (Å²) in [7, 11) is 1.44. The van der Waals surface area contributed by atoms with Crippen molar-refractivity contribution < 1.29 is 14.6 Å². The Bertz CT molecular complexity index is 308. The maximum atomic E-state index is 10.5. The lowest BCUT2D eigenvalue weighted by atomic mass is 10.3. The smallest absolute Gasteiger partial charge is 0.141 e. The van der Waals surface area contributed by atoms with Gasteiger partial charge in [0.2, 0.25) is 0 Å². The molecule has 0 unspecified atom stereocenters. The van der Waals surface area contributed by atoms with Crippen LogP contribution in [0.15, 0.2) is 24.3 Å². The zero-order valence-corrected chi connectivity index (χ0v) is 8.19. The molecule has 0 aliphatic carbocycles. The third kappa shape index (κ3) is 2.39. The van der Waals surface area contributed by atoms with Gasteiger partial charge in [0.15, 0.2) is 0 Å². The van der Waals surface area contributed by atoms with Gasteiger partial charge in [0, 0.05) is 12.7 Å². The largest absolute Gasteiger partial charge is 0.530 e. The van der Waals surface area contributed by atoms with Crippen LogP contribution in [0.25, 0.3) is 0 Å². The van der Waals surface area contributed by atoms with Crippen LogP contribution >= 0.6 is 0 Å². The monoisotopic (exact) mass is 194 g/mol. The minimum absolute atomic E-state index is 0.563. The molecule has 0 saturated heterocycles. The molecule has 0 radical (unpaired) electrons. The number of hydrogen-bond acceptors (Lipinski definition) is 3. The highest BCUT2D eigenvalue weighted by atomic mass is 16.5. The average molecular weight is 194 g/mol. The first-order chi connectivity index (χ1) is 6.65. The summed E-state index contributed by atoms with van der Waals surface area (Å²) in [5, 5.41) is 10.5. The lowest BCUT2D eigenvalue weighted by molar-refractivity contribution is -0.246. The van der Waals surface area contributed by atoms with E-state index in [1.807, 2.05) is 6.92 Å². The van der Waals surface area contributed by atoms with Gasteiger partial charge in [-0.15, -0.1) is 0 Å². The summed E-state index contributed by atoms with van der Waals surface area (Å²) in [4.78, 5) is 11.5. The van der Waals surface area contributed by atoms with E-state index in [-0.39, 0.29) is 0 Å². The Morgan fingerprint density at radius 2 is 2.00 bits per heavy atom. The van der Waals surface area contributed by atoms with E-state index in [1.54, 1.807) is 24.3 Å². The zero-order valence-electron chi connectivity index (χ0n) is 8.19. The van der Waals surface area contributed by atoms with E-state index >= 15 is 0 Å². The van der Waals surface area contributed by atoms with Gasteiger partial charge in [-0.3, -0.25) is 0 Å². The van der Waals surface area contributed by atoms with E-state index in [4.69, 9.17) is 4.74 Å². The number of nitrogens with zero attached hydrogens (tertiary/aromatic N) is 1. The van der Waals surface area contributed by atoms with E-state index in [0.717, 1.165) is 10.6 Å². The predicted octanol–water partition coefficient (Wildman–Crippen LogP) is 0.865. The summed E-state index contributed by atoms with van der Waals surface area (Å²) < 4.78 is 5.22. The van der Waals surface area contributed by atoms with Crippen LogP contribution in [0.1, 0.15) is 6.92 Å². The molecule has 0 aliphatic heterocycles. The molecular weight excluding hydrogens is 182 g/mol. The Balaban J connectivity index is 2.77. The summed E-state index contributed by atoms with van der Waals surface area (Å²) in [6.07, 6.45) is -1.23. The molecule has 1 aromatic rings. The number of hydrogen-bond donors (Lipinski definition) is 0. The SMILES string of the molecule is CCOc1ccc(N(C)C(=O)[O-])cc1. The highest BCUT2D eigenvalue weighted by molar-refractivity contribution is 5.83. The van der Waals surface area contributed by atoms with Crippen molar-refractivity contribution in [3.05, 3.63) is 24.3 Å². The lowest BCUT2D eigenvalue weighted by Gasteiger charge is -2.19. The maximum absolute atomic E-state index is 10.5. The molecule has 1 rings (SSSR count). The van der Waals surface area contributed by atoms with Gasteiger partial charge >= 0.3 is 0 Å². The fourth-order valence-electron chi connectivity index (χ4n) is 1.04. The lowest BCUT2D eigenvalue weighted by Crippen LogP contribution is -2.38. The fourth-order valence-corrected chi connectivity index (χ4v) is 1.04. The third-order valence-electron chi connectivity index (χ3n) is 1.81. The van der Waals surface area contributed by atoms with Crippen molar-refractivity contribution in [1.82, 2.24) is 0 Å². The van der Waals surface area contributed by atoms with E-state index < -0.39 is 6.09 Å². The highest BCUT2D eigenvalue weighted by Gasteiger charge is 2.00. The molecule has 0 heterocycles. The minimum Gasteiger partial charge on any atom is -0.530 e. The second kappa shape index (κ2) is 4.50. The molecule has 4 nitrogen and oxygen atoms in total. The molecule has 1 amide bonds. The van der Waals surface area contributed by atoms with Gasteiger partial charge in [-0.05, 0) is 31.2 Å². The van der Waals surface area contributed by atoms with Gasteiger partial charge < -0.3 is 19.5 Å². The molecule has 0 aromatic heterocycles. The number of carbonyl (C=O) groups is 1. The second-order valence-electron chi connectivity index (χ2n) is 2.75. The van der Waals surface area contributed by atoms with Crippen LogP contribution in [-0.2, 0) is 0 Å². The number of carbonyl (C=O) groups excluding carboxylic acids is 1. The van der Waals surface area contributed by atoms with E-state index in [2.05, 4.69) is 0 Å². The molecule has 0 spiro atoms. The number of anilines is 1. The van der Waals surface area contributed by atoms with Crippen molar-refractivity contribution in [3.63, 3.8) is 0 Å². The molecule has 0 atom stereocenters. The Labute approximate surface area is 82.7 Å². The number of rotatable bonds is 3. The van der Waals surface area contributed by atoms with Gasteiger partial charge in [-0.25, -0.2) is 0 Å². The normalized spacial score (nSPS) is 9.57. The van der Waals surface area contributed by atoms with Crippen molar-refractivity contribution in [2.24, 2.45) is 0 Å². The zero-order chi connectivity index (χ0) is 10.6. The Kier molecular flexibility index (Phi) is 3.34. The Morgan fingerprint density at radius 1 is 1.43 bits per heavy atom. The standard InChI is InChI=1S/C10H13NO3/c1-3-14-9-6-4-8(5-7-9)11(2)10(12)13/h4-7H,3H2,1-2H3,(H,12,13)/p-1. The van der Waals surface area contributed by atoms with Crippen LogP contribution in [0.4, 0.5) is 10.5 Å². The minimum atomic E-state index is -1.23. The molecule has 1 aromatic carbocycles. The number of ether oxygens (including phenoxy) is 1. The van der Waals surface area contributed by atoms with Gasteiger partial charge in [0.1, 0.15) is 11.8 Å². The summed E-state index contributed by atoms with van der Waals surface area (Å²) in [6, 6.07) is 6.78. The van der Waals surface area contributed by atoms with Crippen LogP contribution in [0.3, 0.4) is 0 Å².